The molecule has 0 saturated carbocycles. The number of hydrogen-bond donors (Lipinski definition) is 1. The zero-order chi connectivity index (χ0) is 14.5. The van der Waals surface area contributed by atoms with Crippen LogP contribution in [-0.2, 0) is 11.3 Å². The van der Waals surface area contributed by atoms with Crippen molar-refractivity contribution in [3.05, 3.63) is 39.7 Å². The second kappa shape index (κ2) is 6.88. The van der Waals surface area contributed by atoms with E-state index in [1.54, 1.807) is 20.3 Å². The third-order valence-electron chi connectivity index (χ3n) is 2.39. The van der Waals surface area contributed by atoms with Gasteiger partial charge >= 0.3 is 0 Å². The molecule has 5 nitrogen and oxygen atoms in total. The average molecular weight is 359 g/mol. The number of methoxy groups -OCH3 is 2. The van der Waals surface area contributed by atoms with Crippen molar-refractivity contribution in [1.29, 1.82) is 0 Å². The van der Waals surface area contributed by atoms with Crippen LogP contribution in [0.5, 0.6) is 5.75 Å². The van der Waals surface area contributed by atoms with Crippen molar-refractivity contribution < 1.29 is 9.47 Å². The molecule has 0 atom stereocenters. The van der Waals surface area contributed by atoms with Crippen molar-refractivity contribution in [2.45, 2.75) is 6.61 Å². The van der Waals surface area contributed by atoms with Gasteiger partial charge in [0.15, 0.2) is 5.82 Å². The van der Waals surface area contributed by atoms with Gasteiger partial charge in [-0.2, -0.15) is 0 Å². The minimum atomic E-state index is 0.303. The summed E-state index contributed by atoms with van der Waals surface area (Å²) in [6.07, 6.45) is 0. The van der Waals surface area contributed by atoms with E-state index in [0.717, 1.165) is 15.9 Å². The molecule has 7 heteroatoms. The summed E-state index contributed by atoms with van der Waals surface area (Å²) in [5.41, 5.74) is 0.828. The van der Waals surface area contributed by atoms with Gasteiger partial charge in [0.05, 0.1) is 7.11 Å². The maximum Gasteiger partial charge on any atom is 0.158 e. The Morgan fingerprint density at radius 1 is 1.20 bits per heavy atom. The highest BCUT2D eigenvalue weighted by molar-refractivity contribution is 9.10. The van der Waals surface area contributed by atoms with E-state index in [1.807, 2.05) is 18.2 Å². The van der Waals surface area contributed by atoms with Crippen molar-refractivity contribution in [2.24, 2.45) is 0 Å². The smallest absolute Gasteiger partial charge is 0.158 e. The van der Waals surface area contributed by atoms with E-state index in [1.165, 1.54) is 0 Å². The van der Waals surface area contributed by atoms with Gasteiger partial charge in [-0.15, -0.1) is 0 Å². The molecular formula is C13H13BrClN3O2. The normalized spacial score (nSPS) is 10.4. The zero-order valence-corrected chi connectivity index (χ0v) is 13.3. The summed E-state index contributed by atoms with van der Waals surface area (Å²) in [6.45, 7) is 0.303. The maximum absolute atomic E-state index is 5.96. The fraction of sp³-hybridized carbons (Fsp3) is 0.231. The topological polar surface area (TPSA) is 56.3 Å². The van der Waals surface area contributed by atoms with Crippen LogP contribution < -0.4 is 10.1 Å². The van der Waals surface area contributed by atoms with Gasteiger partial charge < -0.3 is 14.8 Å². The molecule has 0 saturated heterocycles. The Balaban J connectivity index is 2.27. The van der Waals surface area contributed by atoms with E-state index in [-0.39, 0.29) is 0 Å². The summed E-state index contributed by atoms with van der Waals surface area (Å²) >= 11 is 9.38. The molecule has 20 heavy (non-hydrogen) atoms. The maximum atomic E-state index is 5.96. The molecule has 0 bridgehead atoms. The van der Waals surface area contributed by atoms with Gasteiger partial charge in [-0.05, 0) is 12.1 Å². The molecule has 0 aliphatic carbocycles. The van der Waals surface area contributed by atoms with Gasteiger partial charge in [-0.25, -0.2) is 9.97 Å². The van der Waals surface area contributed by atoms with Gasteiger partial charge in [-0.1, -0.05) is 27.5 Å². The van der Waals surface area contributed by atoms with E-state index < -0.39 is 0 Å². The lowest BCUT2D eigenvalue weighted by Gasteiger charge is -2.10. The lowest BCUT2D eigenvalue weighted by Crippen LogP contribution is -2.01. The molecule has 0 amide bonds. The van der Waals surface area contributed by atoms with Gasteiger partial charge in [-0.3, -0.25) is 0 Å². The Morgan fingerprint density at radius 2 is 2.00 bits per heavy atom. The van der Waals surface area contributed by atoms with E-state index in [2.05, 4.69) is 31.2 Å². The number of benzene rings is 1. The third kappa shape index (κ3) is 4.06. The SMILES string of the molecule is COCc1nc(Cl)cc(Nc2cc(Br)cc(OC)c2)n1. The Bertz CT molecular complexity index is 610. The second-order valence-electron chi connectivity index (χ2n) is 3.93. The van der Waals surface area contributed by atoms with Crippen molar-refractivity contribution in [1.82, 2.24) is 9.97 Å². The fourth-order valence-corrected chi connectivity index (χ4v) is 2.30. The minimum Gasteiger partial charge on any atom is -0.497 e. The highest BCUT2D eigenvalue weighted by atomic mass is 79.9. The van der Waals surface area contributed by atoms with Crippen LogP contribution in [0, 0.1) is 0 Å². The molecule has 0 aliphatic rings. The molecule has 0 spiro atoms. The summed E-state index contributed by atoms with van der Waals surface area (Å²) in [5, 5.41) is 3.52. The molecule has 1 heterocycles. The third-order valence-corrected chi connectivity index (χ3v) is 3.05. The number of anilines is 2. The second-order valence-corrected chi connectivity index (χ2v) is 5.23. The van der Waals surface area contributed by atoms with Gasteiger partial charge in [0.25, 0.3) is 0 Å². The van der Waals surface area contributed by atoms with Crippen LogP contribution >= 0.6 is 27.5 Å². The summed E-state index contributed by atoms with van der Waals surface area (Å²) in [7, 11) is 3.19. The Labute approximate surface area is 130 Å². The predicted molar refractivity (Wildman–Crippen MR) is 81.7 cm³/mol. The minimum absolute atomic E-state index is 0.303. The first-order chi connectivity index (χ1) is 9.60. The molecule has 0 aliphatic heterocycles. The van der Waals surface area contributed by atoms with Gasteiger partial charge in [0.2, 0.25) is 0 Å². The van der Waals surface area contributed by atoms with E-state index in [0.29, 0.717) is 23.4 Å². The van der Waals surface area contributed by atoms with Crippen LogP contribution in [0.15, 0.2) is 28.7 Å². The number of aromatic nitrogens is 2. The first kappa shape index (κ1) is 15.0. The average Bonchev–Trinajstić information content (AvgIpc) is 2.37. The van der Waals surface area contributed by atoms with Crippen molar-refractivity contribution in [2.75, 3.05) is 19.5 Å². The lowest BCUT2D eigenvalue weighted by molar-refractivity contribution is 0.178. The number of nitrogens with zero attached hydrogens (tertiary/aromatic N) is 2. The largest absolute Gasteiger partial charge is 0.497 e. The molecule has 0 radical (unpaired) electrons. The first-order valence-electron chi connectivity index (χ1n) is 5.74. The number of ether oxygens (including phenoxy) is 2. The van der Waals surface area contributed by atoms with Gasteiger partial charge in [0.1, 0.15) is 23.3 Å². The fourth-order valence-electron chi connectivity index (χ4n) is 1.62. The molecule has 106 valence electrons. The van der Waals surface area contributed by atoms with Crippen molar-refractivity contribution in [3.63, 3.8) is 0 Å². The van der Waals surface area contributed by atoms with E-state index >= 15 is 0 Å². The van der Waals surface area contributed by atoms with Crippen LogP contribution in [0.25, 0.3) is 0 Å². The molecule has 2 aromatic rings. The van der Waals surface area contributed by atoms with Crippen LogP contribution in [0.1, 0.15) is 5.82 Å². The van der Waals surface area contributed by atoms with Crippen molar-refractivity contribution in [3.8, 4) is 5.75 Å². The Kier molecular flexibility index (Phi) is 5.17. The first-order valence-corrected chi connectivity index (χ1v) is 6.92. The van der Waals surface area contributed by atoms with Crippen LogP contribution in [0.2, 0.25) is 5.15 Å². The molecule has 1 N–H and O–H groups in total. The summed E-state index contributed by atoms with van der Waals surface area (Å²) < 4.78 is 11.1. The monoisotopic (exact) mass is 357 g/mol. The molecule has 1 aromatic heterocycles. The molecule has 0 fully saturated rings. The van der Waals surface area contributed by atoms with E-state index in [9.17, 15) is 0 Å². The molecule has 1 aromatic carbocycles. The number of nitrogens with one attached hydrogen (secondary N) is 1. The highest BCUT2D eigenvalue weighted by Gasteiger charge is 2.05. The molecule has 0 unspecified atom stereocenters. The number of rotatable bonds is 5. The Morgan fingerprint density at radius 3 is 2.70 bits per heavy atom. The van der Waals surface area contributed by atoms with E-state index in [4.69, 9.17) is 21.1 Å². The van der Waals surface area contributed by atoms with Crippen LogP contribution in [0.3, 0.4) is 0 Å². The standard InChI is InChI=1S/C13H13BrClN3O2/c1-19-7-13-17-11(15)6-12(18-13)16-9-3-8(14)4-10(5-9)20-2/h3-6H,7H2,1-2H3,(H,16,17,18). The predicted octanol–water partition coefficient (Wildman–Crippen LogP) is 3.79. The quantitative estimate of drug-likeness (QED) is 0.824. The summed E-state index contributed by atoms with van der Waals surface area (Å²) in [5.74, 6) is 1.85. The number of halogens is 2. The van der Waals surface area contributed by atoms with Crippen molar-refractivity contribution >= 4 is 39.0 Å². The summed E-state index contributed by atoms with van der Waals surface area (Å²) in [4.78, 5) is 8.39. The highest BCUT2D eigenvalue weighted by Crippen LogP contribution is 2.27. The molecule has 2 rings (SSSR count). The van der Waals surface area contributed by atoms with Crippen LogP contribution in [0.4, 0.5) is 11.5 Å². The Hall–Kier alpha value is -1.37. The zero-order valence-electron chi connectivity index (χ0n) is 11.0. The molecular weight excluding hydrogens is 346 g/mol. The number of hydrogen-bond acceptors (Lipinski definition) is 5. The summed E-state index contributed by atoms with van der Waals surface area (Å²) in [6, 6.07) is 7.29. The van der Waals surface area contributed by atoms with Gasteiger partial charge in [0, 0.05) is 29.4 Å². The van der Waals surface area contributed by atoms with Crippen LogP contribution in [-0.4, -0.2) is 24.2 Å². The lowest BCUT2D eigenvalue weighted by atomic mass is 10.3.